The second kappa shape index (κ2) is 7.20. The molecule has 2 N–H and O–H groups in total. The summed E-state index contributed by atoms with van der Waals surface area (Å²) in [4.78, 5) is 0. The van der Waals surface area contributed by atoms with Gasteiger partial charge in [-0.15, -0.1) is 0 Å². The van der Waals surface area contributed by atoms with Crippen molar-refractivity contribution in [3.8, 4) is 5.75 Å². The molecule has 0 amide bonds. The Morgan fingerprint density at radius 3 is 2.81 bits per heavy atom. The third-order valence-corrected chi connectivity index (χ3v) is 3.94. The minimum atomic E-state index is 0.227. The average Bonchev–Trinajstić information content (AvgIpc) is 2.26. The molecule has 0 bridgehead atoms. The van der Waals surface area contributed by atoms with Crippen molar-refractivity contribution >= 4 is 27.7 Å². The summed E-state index contributed by atoms with van der Waals surface area (Å²) in [7, 11) is 1.67. The number of benzene rings is 1. The Balaban J connectivity index is 2.57. The molecule has 1 aromatic carbocycles. The third-order valence-electron chi connectivity index (χ3n) is 2.25. The minimum Gasteiger partial charge on any atom is -0.496 e. The molecular weight excluding hydrogens is 286 g/mol. The number of methoxy groups -OCH3 is 1. The van der Waals surface area contributed by atoms with Gasteiger partial charge in [-0.25, -0.2) is 0 Å². The molecule has 0 aromatic heterocycles. The van der Waals surface area contributed by atoms with Crippen LogP contribution in [0.1, 0.15) is 12.5 Å². The topological polar surface area (TPSA) is 35.2 Å². The lowest BCUT2D eigenvalue weighted by atomic mass is 10.1. The summed E-state index contributed by atoms with van der Waals surface area (Å²) in [6.07, 6.45) is 0.912. The van der Waals surface area contributed by atoms with Gasteiger partial charge in [0.1, 0.15) is 5.75 Å². The molecule has 0 saturated carbocycles. The Labute approximate surface area is 110 Å². The first-order chi connectivity index (χ1) is 7.67. The third kappa shape index (κ3) is 4.36. The minimum absolute atomic E-state index is 0.227. The number of hydrogen-bond donors (Lipinski definition) is 1. The Kier molecular flexibility index (Phi) is 6.24. The van der Waals surface area contributed by atoms with Crippen molar-refractivity contribution < 1.29 is 4.74 Å². The van der Waals surface area contributed by atoms with E-state index in [9.17, 15) is 0 Å². The van der Waals surface area contributed by atoms with Crippen LogP contribution in [0.2, 0.25) is 0 Å². The van der Waals surface area contributed by atoms with E-state index in [-0.39, 0.29) is 6.04 Å². The molecule has 0 saturated heterocycles. The quantitative estimate of drug-likeness (QED) is 0.877. The summed E-state index contributed by atoms with van der Waals surface area (Å²) in [5.74, 6) is 3.00. The fraction of sp³-hybridized carbons (Fsp3) is 0.500. The van der Waals surface area contributed by atoms with E-state index in [2.05, 4.69) is 35.0 Å². The number of halogens is 1. The number of nitrogens with two attached hydrogens (primary N) is 1. The summed E-state index contributed by atoms with van der Waals surface area (Å²) in [6.45, 7) is 2.15. The molecule has 0 aliphatic heterocycles. The lowest BCUT2D eigenvalue weighted by molar-refractivity contribution is 0.412. The van der Waals surface area contributed by atoms with Crippen LogP contribution in [-0.4, -0.2) is 24.7 Å². The molecule has 90 valence electrons. The van der Waals surface area contributed by atoms with Gasteiger partial charge >= 0.3 is 0 Å². The molecule has 2 nitrogen and oxygen atoms in total. The van der Waals surface area contributed by atoms with E-state index < -0.39 is 0 Å². The smallest absolute Gasteiger partial charge is 0.133 e. The van der Waals surface area contributed by atoms with Gasteiger partial charge in [0.2, 0.25) is 0 Å². The van der Waals surface area contributed by atoms with Gasteiger partial charge in [-0.2, -0.15) is 11.8 Å². The van der Waals surface area contributed by atoms with E-state index in [1.807, 2.05) is 17.8 Å². The zero-order valence-corrected chi connectivity index (χ0v) is 12.1. The standard InChI is InChI=1S/C12H18BrNOS/c1-3-16-8-10(14)6-9-4-5-12(15-2)11(13)7-9/h4-5,7,10H,3,6,8,14H2,1-2H3. The van der Waals surface area contributed by atoms with Gasteiger partial charge in [0.05, 0.1) is 11.6 Å². The van der Waals surface area contributed by atoms with Gasteiger partial charge in [-0.3, -0.25) is 0 Å². The maximum atomic E-state index is 6.05. The van der Waals surface area contributed by atoms with E-state index in [4.69, 9.17) is 10.5 Å². The molecule has 0 aliphatic carbocycles. The Bertz CT molecular complexity index is 333. The molecule has 16 heavy (non-hydrogen) atoms. The van der Waals surface area contributed by atoms with Crippen molar-refractivity contribution in [2.75, 3.05) is 18.6 Å². The highest BCUT2D eigenvalue weighted by atomic mass is 79.9. The molecule has 0 heterocycles. The lowest BCUT2D eigenvalue weighted by Gasteiger charge is -2.12. The van der Waals surface area contributed by atoms with Gasteiger partial charge in [0.15, 0.2) is 0 Å². The summed E-state index contributed by atoms with van der Waals surface area (Å²) in [6, 6.07) is 6.35. The van der Waals surface area contributed by atoms with Crippen LogP contribution in [0, 0.1) is 0 Å². The van der Waals surface area contributed by atoms with Crippen LogP contribution in [-0.2, 0) is 6.42 Å². The average molecular weight is 304 g/mol. The normalized spacial score (nSPS) is 12.5. The number of hydrogen-bond acceptors (Lipinski definition) is 3. The fourth-order valence-corrected chi connectivity index (χ4v) is 2.71. The van der Waals surface area contributed by atoms with Crippen LogP contribution < -0.4 is 10.5 Å². The van der Waals surface area contributed by atoms with E-state index >= 15 is 0 Å². The highest BCUT2D eigenvalue weighted by molar-refractivity contribution is 9.10. The van der Waals surface area contributed by atoms with Gasteiger partial charge < -0.3 is 10.5 Å². The van der Waals surface area contributed by atoms with Gasteiger partial charge in [0.25, 0.3) is 0 Å². The van der Waals surface area contributed by atoms with E-state index in [1.54, 1.807) is 7.11 Å². The first kappa shape index (κ1) is 13.9. The van der Waals surface area contributed by atoms with Gasteiger partial charge in [-0.05, 0) is 45.8 Å². The summed E-state index contributed by atoms with van der Waals surface area (Å²) in [5.41, 5.74) is 7.29. The maximum Gasteiger partial charge on any atom is 0.133 e. The number of ether oxygens (including phenoxy) is 1. The van der Waals surface area contributed by atoms with Crippen LogP contribution in [0.15, 0.2) is 22.7 Å². The zero-order valence-electron chi connectivity index (χ0n) is 9.70. The summed E-state index contributed by atoms with van der Waals surface area (Å²) in [5, 5.41) is 0. The molecule has 1 unspecified atom stereocenters. The van der Waals surface area contributed by atoms with Crippen LogP contribution in [0.5, 0.6) is 5.75 Å². The van der Waals surface area contributed by atoms with Crippen LogP contribution >= 0.6 is 27.7 Å². The van der Waals surface area contributed by atoms with Gasteiger partial charge in [-0.1, -0.05) is 13.0 Å². The Hall–Kier alpha value is -0.190. The zero-order chi connectivity index (χ0) is 12.0. The molecule has 4 heteroatoms. The second-order valence-corrected chi connectivity index (χ2v) is 5.77. The van der Waals surface area contributed by atoms with Crippen molar-refractivity contribution in [2.24, 2.45) is 5.73 Å². The number of thioether (sulfide) groups is 1. The predicted molar refractivity (Wildman–Crippen MR) is 75.4 cm³/mol. The van der Waals surface area contributed by atoms with Crippen molar-refractivity contribution in [1.82, 2.24) is 0 Å². The van der Waals surface area contributed by atoms with Crippen LogP contribution in [0.4, 0.5) is 0 Å². The Morgan fingerprint density at radius 2 is 2.25 bits per heavy atom. The largest absolute Gasteiger partial charge is 0.496 e. The Morgan fingerprint density at radius 1 is 1.50 bits per heavy atom. The highest BCUT2D eigenvalue weighted by Gasteiger charge is 2.06. The summed E-state index contributed by atoms with van der Waals surface area (Å²) < 4.78 is 6.18. The highest BCUT2D eigenvalue weighted by Crippen LogP contribution is 2.26. The van der Waals surface area contributed by atoms with E-state index in [0.717, 1.165) is 28.1 Å². The lowest BCUT2D eigenvalue weighted by Crippen LogP contribution is -2.25. The molecule has 0 fully saturated rings. The SMILES string of the molecule is CCSCC(N)Cc1ccc(OC)c(Br)c1. The molecule has 0 aliphatic rings. The van der Waals surface area contributed by atoms with Gasteiger partial charge in [0, 0.05) is 11.8 Å². The summed E-state index contributed by atoms with van der Waals surface area (Å²) >= 11 is 5.36. The molecule has 1 aromatic rings. The molecule has 0 radical (unpaired) electrons. The first-order valence-corrected chi connectivity index (χ1v) is 7.27. The van der Waals surface area contributed by atoms with Crippen molar-refractivity contribution in [1.29, 1.82) is 0 Å². The van der Waals surface area contributed by atoms with E-state index in [0.29, 0.717) is 0 Å². The molecule has 0 spiro atoms. The molecular formula is C12H18BrNOS. The molecule has 1 atom stereocenters. The van der Waals surface area contributed by atoms with Crippen LogP contribution in [0.3, 0.4) is 0 Å². The molecule has 1 rings (SSSR count). The number of rotatable bonds is 6. The fourth-order valence-electron chi connectivity index (χ4n) is 1.47. The van der Waals surface area contributed by atoms with Crippen molar-refractivity contribution in [2.45, 2.75) is 19.4 Å². The van der Waals surface area contributed by atoms with Crippen LogP contribution in [0.25, 0.3) is 0 Å². The second-order valence-electron chi connectivity index (χ2n) is 3.59. The monoisotopic (exact) mass is 303 g/mol. The van der Waals surface area contributed by atoms with Crippen molar-refractivity contribution in [3.63, 3.8) is 0 Å². The maximum absolute atomic E-state index is 6.05. The first-order valence-electron chi connectivity index (χ1n) is 5.33. The van der Waals surface area contributed by atoms with E-state index in [1.165, 1.54) is 5.56 Å². The van der Waals surface area contributed by atoms with Crippen molar-refractivity contribution in [3.05, 3.63) is 28.2 Å². The predicted octanol–water partition coefficient (Wildman–Crippen LogP) is 3.08.